The van der Waals surface area contributed by atoms with Crippen LogP contribution in [0.15, 0.2) is 30.5 Å². The zero-order valence-corrected chi connectivity index (χ0v) is 9.36. The number of hydrogen-bond acceptors (Lipinski definition) is 3. The van der Waals surface area contributed by atoms with E-state index in [1.165, 1.54) is 7.11 Å². The van der Waals surface area contributed by atoms with Crippen molar-refractivity contribution in [3.63, 3.8) is 0 Å². The van der Waals surface area contributed by atoms with Crippen molar-refractivity contribution in [1.82, 2.24) is 4.98 Å². The van der Waals surface area contributed by atoms with Crippen molar-refractivity contribution in [2.24, 2.45) is 0 Å². The van der Waals surface area contributed by atoms with Gasteiger partial charge in [-0.15, -0.1) is 0 Å². The van der Waals surface area contributed by atoms with Crippen LogP contribution in [0.3, 0.4) is 0 Å². The first-order valence-electron chi connectivity index (χ1n) is 5.12. The number of ether oxygens (including phenoxy) is 1. The van der Waals surface area contributed by atoms with E-state index in [1.54, 1.807) is 6.20 Å². The van der Waals surface area contributed by atoms with Gasteiger partial charge >= 0.3 is 5.97 Å². The van der Waals surface area contributed by atoms with Gasteiger partial charge in [-0.3, -0.25) is 9.78 Å². The van der Waals surface area contributed by atoms with Crippen molar-refractivity contribution < 1.29 is 9.53 Å². The van der Waals surface area contributed by atoms with Crippen molar-refractivity contribution in [3.05, 3.63) is 41.6 Å². The van der Waals surface area contributed by atoms with E-state index in [-0.39, 0.29) is 5.97 Å². The van der Waals surface area contributed by atoms with Gasteiger partial charge in [0.2, 0.25) is 0 Å². The first-order valence-corrected chi connectivity index (χ1v) is 5.12. The quantitative estimate of drug-likeness (QED) is 0.721. The Morgan fingerprint density at radius 1 is 1.38 bits per heavy atom. The first kappa shape index (κ1) is 10.6. The molecule has 82 valence electrons. The number of pyridine rings is 1. The normalized spacial score (nSPS) is 10.4. The Morgan fingerprint density at radius 2 is 2.19 bits per heavy atom. The van der Waals surface area contributed by atoms with E-state index in [1.807, 2.05) is 31.2 Å². The number of benzene rings is 1. The standard InChI is InChI=1S/C13H13NO2/c1-9-5-6-14-12-4-3-10(7-11(9)12)8-13(15)16-2/h3-7H,8H2,1-2H3. The molecule has 0 N–H and O–H groups in total. The summed E-state index contributed by atoms with van der Waals surface area (Å²) in [7, 11) is 1.40. The van der Waals surface area contributed by atoms with E-state index in [2.05, 4.69) is 9.72 Å². The molecule has 1 aromatic carbocycles. The molecular weight excluding hydrogens is 202 g/mol. The first-order chi connectivity index (χ1) is 7.70. The molecule has 0 amide bonds. The van der Waals surface area contributed by atoms with Crippen molar-refractivity contribution in [3.8, 4) is 0 Å². The fraction of sp³-hybridized carbons (Fsp3) is 0.231. The second-order valence-electron chi connectivity index (χ2n) is 3.73. The largest absolute Gasteiger partial charge is 0.469 e. The van der Waals surface area contributed by atoms with Crippen LogP contribution in [0.1, 0.15) is 11.1 Å². The molecule has 3 nitrogen and oxygen atoms in total. The molecule has 16 heavy (non-hydrogen) atoms. The lowest BCUT2D eigenvalue weighted by atomic mass is 10.1. The minimum absolute atomic E-state index is 0.221. The second kappa shape index (κ2) is 4.31. The number of nitrogens with zero attached hydrogens (tertiary/aromatic N) is 1. The molecule has 3 heteroatoms. The highest BCUT2D eigenvalue weighted by Crippen LogP contribution is 2.18. The smallest absolute Gasteiger partial charge is 0.309 e. The van der Waals surface area contributed by atoms with Gasteiger partial charge in [0.15, 0.2) is 0 Å². The third-order valence-corrected chi connectivity index (χ3v) is 2.60. The Kier molecular flexibility index (Phi) is 2.86. The maximum atomic E-state index is 11.2. The van der Waals surface area contributed by atoms with E-state index in [9.17, 15) is 4.79 Å². The Bertz CT molecular complexity index is 534. The third-order valence-electron chi connectivity index (χ3n) is 2.60. The summed E-state index contributed by atoms with van der Waals surface area (Å²) in [5.74, 6) is -0.221. The number of aryl methyl sites for hydroxylation is 1. The molecule has 0 spiro atoms. The summed E-state index contributed by atoms with van der Waals surface area (Å²) in [6.07, 6.45) is 2.10. The highest BCUT2D eigenvalue weighted by atomic mass is 16.5. The molecule has 1 heterocycles. The lowest BCUT2D eigenvalue weighted by Crippen LogP contribution is -2.04. The Balaban J connectivity index is 2.43. The average Bonchev–Trinajstić information content (AvgIpc) is 2.30. The molecule has 0 aliphatic heterocycles. The van der Waals surface area contributed by atoms with Crippen LogP contribution >= 0.6 is 0 Å². The number of hydrogen-bond donors (Lipinski definition) is 0. The van der Waals surface area contributed by atoms with Gasteiger partial charge in [0, 0.05) is 11.6 Å². The van der Waals surface area contributed by atoms with Crippen molar-refractivity contribution in [2.45, 2.75) is 13.3 Å². The molecule has 2 rings (SSSR count). The van der Waals surface area contributed by atoms with Crippen LogP contribution in [-0.4, -0.2) is 18.1 Å². The summed E-state index contributed by atoms with van der Waals surface area (Å²) in [6.45, 7) is 2.03. The zero-order chi connectivity index (χ0) is 11.5. The van der Waals surface area contributed by atoms with Gasteiger partial charge in [0.1, 0.15) is 0 Å². The zero-order valence-electron chi connectivity index (χ0n) is 9.36. The van der Waals surface area contributed by atoms with Gasteiger partial charge in [-0.2, -0.15) is 0 Å². The number of aromatic nitrogens is 1. The highest BCUT2D eigenvalue weighted by molar-refractivity contribution is 5.83. The van der Waals surface area contributed by atoms with E-state index in [0.29, 0.717) is 6.42 Å². The predicted octanol–water partition coefficient (Wildman–Crippen LogP) is 2.26. The summed E-state index contributed by atoms with van der Waals surface area (Å²) in [4.78, 5) is 15.4. The van der Waals surface area contributed by atoms with Crippen LogP contribution in [0.5, 0.6) is 0 Å². The number of methoxy groups -OCH3 is 1. The fourth-order valence-electron chi connectivity index (χ4n) is 1.68. The lowest BCUT2D eigenvalue weighted by molar-refractivity contribution is -0.139. The maximum absolute atomic E-state index is 11.2. The molecule has 0 saturated carbocycles. The molecule has 0 aliphatic carbocycles. The summed E-state index contributed by atoms with van der Waals surface area (Å²) >= 11 is 0. The van der Waals surface area contributed by atoms with Crippen molar-refractivity contribution in [2.75, 3.05) is 7.11 Å². The molecule has 0 radical (unpaired) electrons. The molecule has 0 atom stereocenters. The Morgan fingerprint density at radius 3 is 2.94 bits per heavy atom. The van der Waals surface area contributed by atoms with E-state index >= 15 is 0 Å². The van der Waals surface area contributed by atoms with Gasteiger partial charge in [-0.05, 0) is 36.2 Å². The summed E-state index contributed by atoms with van der Waals surface area (Å²) in [5, 5.41) is 1.09. The second-order valence-corrected chi connectivity index (χ2v) is 3.73. The SMILES string of the molecule is COC(=O)Cc1ccc2nccc(C)c2c1. The Hall–Kier alpha value is -1.90. The third kappa shape index (κ3) is 2.03. The average molecular weight is 215 g/mol. The number of fused-ring (bicyclic) bond motifs is 1. The fourth-order valence-corrected chi connectivity index (χ4v) is 1.68. The summed E-state index contributed by atoms with van der Waals surface area (Å²) in [5.41, 5.74) is 3.07. The molecular formula is C13H13NO2. The summed E-state index contributed by atoms with van der Waals surface area (Å²) in [6, 6.07) is 7.80. The number of carbonyl (C=O) groups excluding carboxylic acids is 1. The van der Waals surface area contributed by atoms with E-state index in [0.717, 1.165) is 22.0 Å². The van der Waals surface area contributed by atoms with Crippen LogP contribution in [0.4, 0.5) is 0 Å². The van der Waals surface area contributed by atoms with Crippen LogP contribution in [0, 0.1) is 6.92 Å². The van der Waals surface area contributed by atoms with Crippen LogP contribution in [0.2, 0.25) is 0 Å². The molecule has 0 saturated heterocycles. The Labute approximate surface area is 94.1 Å². The van der Waals surface area contributed by atoms with Crippen molar-refractivity contribution >= 4 is 16.9 Å². The highest BCUT2D eigenvalue weighted by Gasteiger charge is 2.05. The topological polar surface area (TPSA) is 39.2 Å². The number of carbonyl (C=O) groups is 1. The van der Waals surface area contributed by atoms with E-state index < -0.39 is 0 Å². The predicted molar refractivity (Wildman–Crippen MR) is 62.2 cm³/mol. The summed E-state index contributed by atoms with van der Waals surface area (Å²) < 4.78 is 4.64. The monoisotopic (exact) mass is 215 g/mol. The van der Waals surface area contributed by atoms with Gasteiger partial charge in [0.25, 0.3) is 0 Å². The van der Waals surface area contributed by atoms with Crippen molar-refractivity contribution in [1.29, 1.82) is 0 Å². The van der Waals surface area contributed by atoms with Gasteiger partial charge in [0.05, 0.1) is 19.0 Å². The number of rotatable bonds is 2. The molecule has 0 aliphatic rings. The van der Waals surface area contributed by atoms with Crippen LogP contribution in [0.25, 0.3) is 10.9 Å². The minimum atomic E-state index is -0.221. The van der Waals surface area contributed by atoms with E-state index in [4.69, 9.17) is 0 Å². The molecule has 2 aromatic rings. The molecule has 0 fully saturated rings. The lowest BCUT2D eigenvalue weighted by Gasteiger charge is -2.04. The van der Waals surface area contributed by atoms with Gasteiger partial charge in [-0.25, -0.2) is 0 Å². The van der Waals surface area contributed by atoms with Gasteiger partial charge in [-0.1, -0.05) is 6.07 Å². The minimum Gasteiger partial charge on any atom is -0.469 e. The molecule has 1 aromatic heterocycles. The molecule has 0 unspecified atom stereocenters. The number of esters is 1. The van der Waals surface area contributed by atoms with Crippen LogP contribution < -0.4 is 0 Å². The molecule has 0 bridgehead atoms. The van der Waals surface area contributed by atoms with Crippen LogP contribution in [-0.2, 0) is 16.0 Å². The van der Waals surface area contributed by atoms with Gasteiger partial charge < -0.3 is 4.74 Å². The maximum Gasteiger partial charge on any atom is 0.309 e.